The average molecular weight is 250 g/mol. The summed E-state index contributed by atoms with van der Waals surface area (Å²) in [6, 6.07) is 9.70. The van der Waals surface area contributed by atoms with Gasteiger partial charge in [-0.25, -0.2) is 4.98 Å². The van der Waals surface area contributed by atoms with Crippen LogP contribution in [-0.2, 0) is 6.54 Å². The van der Waals surface area contributed by atoms with Gasteiger partial charge in [0.1, 0.15) is 11.3 Å². The van der Waals surface area contributed by atoms with Crippen LogP contribution in [0.3, 0.4) is 0 Å². The molecular weight excluding hydrogens is 236 g/mol. The van der Waals surface area contributed by atoms with Crippen molar-refractivity contribution in [3.8, 4) is 11.4 Å². The number of para-hydroxylation sites is 1. The molecule has 2 heterocycles. The Morgan fingerprint density at radius 1 is 1.26 bits per heavy atom. The second-order valence-corrected chi connectivity index (χ2v) is 4.29. The molecule has 3 aromatic rings. The first-order valence-electron chi connectivity index (χ1n) is 6.07. The molecule has 0 spiro atoms. The Hall–Kier alpha value is -2.62. The molecule has 0 amide bonds. The van der Waals surface area contributed by atoms with E-state index in [0.717, 1.165) is 22.4 Å². The quantitative estimate of drug-likeness (QED) is 0.574. The lowest BCUT2D eigenvalue weighted by atomic mass is 10.2. The maximum atomic E-state index is 6.00. The van der Waals surface area contributed by atoms with Gasteiger partial charge in [-0.1, -0.05) is 12.1 Å². The summed E-state index contributed by atoms with van der Waals surface area (Å²) in [5.74, 6) is 0.862. The molecule has 2 aromatic heterocycles. The fourth-order valence-corrected chi connectivity index (χ4v) is 2.20. The first kappa shape index (κ1) is 11.5. The number of nitrogens with two attached hydrogens (primary N) is 1. The van der Waals surface area contributed by atoms with E-state index in [1.165, 1.54) is 0 Å². The molecule has 19 heavy (non-hydrogen) atoms. The van der Waals surface area contributed by atoms with Gasteiger partial charge >= 0.3 is 0 Å². The molecule has 2 N–H and O–H groups in total. The van der Waals surface area contributed by atoms with Gasteiger partial charge in [-0.3, -0.25) is 4.98 Å². The van der Waals surface area contributed by atoms with Crippen LogP contribution in [0, 0.1) is 0 Å². The number of aromatic nitrogens is 3. The van der Waals surface area contributed by atoms with Gasteiger partial charge in [-0.15, -0.1) is 6.58 Å². The lowest BCUT2D eigenvalue weighted by Gasteiger charge is -2.05. The summed E-state index contributed by atoms with van der Waals surface area (Å²) in [4.78, 5) is 8.80. The minimum absolute atomic E-state index is 0.685. The van der Waals surface area contributed by atoms with Gasteiger partial charge in [-0.2, -0.15) is 0 Å². The van der Waals surface area contributed by atoms with Gasteiger partial charge in [0.05, 0.1) is 11.2 Å². The van der Waals surface area contributed by atoms with E-state index in [-0.39, 0.29) is 0 Å². The maximum absolute atomic E-state index is 6.00. The van der Waals surface area contributed by atoms with Crippen molar-refractivity contribution in [3.05, 3.63) is 55.4 Å². The van der Waals surface area contributed by atoms with Crippen LogP contribution >= 0.6 is 0 Å². The minimum atomic E-state index is 0.685. The van der Waals surface area contributed by atoms with Crippen molar-refractivity contribution < 1.29 is 0 Å². The monoisotopic (exact) mass is 250 g/mol. The van der Waals surface area contributed by atoms with Crippen molar-refractivity contribution in [2.75, 3.05) is 5.73 Å². The molecule has 3 rings (SSSR count). The molecule has 4 heteroatoms. The van der Waals surface area contributed by atoms with E-state index in [1.807, 2.05) is 36.4 Å². The SMILES string of the molecule is C=CCn1c(-c2cccnc2)nc2c(N)cccc21. The molecule has 0 saturated heterocycles. The van der Waals surface area contributed by atoms with Crippen LogP contribution in [0.5, 0.6) is 0 Å². The average Bonchev–Trinajstić information content (AvgIpc) is 2.81. The second-order valence-electron chi connectivity index (χ2n) is 4.29. The molecule has 0 aliphatic carbocycles. The summed E-state index contributed by atoms with van der Waals surface area (Å²) in [6.07, 6.45) is 5.40. The van der Waals surface area contributed by atoms with E-state index < -0.39 is 0 Å². The maximum Gasteiger partial charge on any atom is 0.143 e. The van der Waals surface area contributed by atoms with Gasteiger partial charge in [-0.05, 0) is 24.3 Å². The standard InChI is InChI=1S/C15H14N4/c1-2-9-19-13-7-3-6-12(16)14(13)18-15(19)11-5-4-8-17-10-11/h2-8,10H,1,9,16H2. The highest BCUT2D eigenvalue weighted by molar-refractivity contribution is 5.90. The fraction of sp³-hybridized carbons (Fsp3) is 0.0667. The Bertz CT molecular complexity index is 728. The Morgan fingerprint density at radius 3 is 2.89 bits per heavy atom. The molecule has 0 radical (unpaired) electrons. The number of nitrogens with zero attached hydrogens (tertiary/aromatic N) is 3. The predicted octanol–water partition coefficient (Wildman–Crippen LogP) is 2.87. The van der Waals surface area contributed by atoms with Gasteiger partial charge in [0.2, 0.25) is 0 Å². The summed E-state index contributed by atoms with van der Waals surface area (Å²) >= 11 is 0. The van der Waals surface area contributed by atoms with Crippen molar-refractivity contribution >= 4 is 16.7 Å². The van der Waals surface area contributed by atoms with Crippen LogP contribution in [0.15, 0.2) is 55.4 Å². The van der Waals surface area contributed by atoms with Crippen molar-refractivity contribution in [1.82, 2.24) is 14.5 Å². The second kappa shape index (κ2) is 4.57. The van der Waals surface area contributed by atoms with Crippen molar-refractivity contribution in [1.29, 1.82) is 0 Å². The van der Waals surface area contributed by atoms with E-state index in [4.69, 9.17) is 5.73 Å². The number of nitrogen functional groups attached to an aromatic ring is 1. The number of hydrogen-bond donors (Lipinski definition) is 1. The Morgan fingerprint density at radius 2 is 2.16 bits per heavy atom. The van der Waals surface area contributed by atoms with Gasteiger partial charge < -0.3 is 10.3 Å². The third kappa shape index (κ3) is 1.87. The molecule has 0 unspecified atom stereocenters. The zero-order chi connectivity index (χ0) is 13.2. The molecule has 0 saturated carbocycles. The highest BCUT2D eigenvalue weighted by Gasteiger charge is 2.13. The van der Waals surface area contributed by atoms with E-state index >= 15 is 0 Å². The number of rotatable bonds is 3. The minimum Gasteiger partial charge on any atom is -0.397 e. The largest absolute Gasteiger partial charge is 0.397 e. The molecule has 0 aliphatic heterocycles. The van der Waals surface area contributed by atoms with Crippen LogP contribution in [0.4, 0.5) is 5.69 Å². The van der Waals surface area contributed by atoms with E-state index in [1.54, 1.807) is 12.4 Å². The van der Waals surface area contributed by atoms with Crippen molar-refractivity contribution in [2.45, 2.75) is 6.54 Å². The summed E-state index contributed by atoms with van der Waals surface area (Å²) < 4.78 is 2.09. The summed E-state index contributed by atoms with van der Waals surface area (Å²) in [5.41, 5.74) is 9.49. The zero-order valence-electron chi connectivity index (χ0n) is 10.5. The number of pyridine rings is 1. The highest BCUT2D eigenvalue weighted by Crippen LogP contribution is 2.27. The first-order valence-corrected chi connectivity index (χ1v) is 6.07. The first-order chi connectivity index (χ1) is 9.31. The lowest BCUT2D eigenvalue weighted by Crippen LogP contribution is -1.98. The van der Waals surface area contributed by atoms with Crippen LogP contribution in [0.2, 0.25) is 0 Å². The van der Waals surface area contributed by atoms with E-state index in [9.17, 15) is 0 Å². The fourth-order valence-electron chi connectivity index (χ4n) is 2.20. The van der Waals surface area contributed by atoms with Gasteiger partial charge in [0, 0.05) is 24.5 Å². The zero-order valence-corrected chi connectivity index (χ0v) is 10.5. The van der Waals surface area contributed by atoms with Gasteiger partial charge in [0.25, 0.3) is 0 Å². The van der Waals surface area contributed by atoms with Crippen LogP contribution in [0.1, 0.15) is 0 Å². The Balaban J connectivity index is 2.32. The van der Waals surface area contributed by atoms with Crippen LogP contribution in [0.25, 0.3) is 22.4 Å². The third-order valence-electron chi connectivity index (χ3n) is 3.04. The number of benzene rings is 1. The number of fused-ring (bicyclic) bond motifs is 1. The molecule has 0 fully saturated rings. The summed E-state index contributed by atoms with van der Waals surface area (Å²) in [6.45, 7) is 4.49. The third-order valence-corrected chi connectivity index (χ3v) is 3.04. The van der Waals surface area contributed by atoms with Crippen molar-refractivity contribution in [2.24, 2.45) is 0 Å². The molecule has 0 atom stereocenters. The summed E-state index contributed by atoms with van der Waals surface area (Å²) in [5, 5.41) is 0. The lowest BCUT2D eigenvalue weighted by molar-refractivity contribution is 0.861. The molecule has 4 nitrogen and oxygen atoms in total. The van der Waals surface area contributed by atoms with E-state index in [2.05, 4.69) is 21.1 Å². The highest BCUT2D eigenvalue weighted by atomic mass is 15.1. The molecule has 1 aromatic carbocycles. The normalized spacial score (nSPS) is 10.7. The number of imidazole rings is 1. The molecule has 94 valence electrons. The van der Waals surface area contributed by atoms with Crippen LogP contribution in [-0.4, -0.2) is 14.5 Å². The Labute approximate surface area is 111 Å². The number of anilines is 1. The van der Waals surface area contributed by atoms with Gasteiger partial charge in [0.15, 0.2) is 0 Å². The topological polar surface area (TPSA) is 56.7 Å². The van der Waals surface area contributed by atoms with E-state index in [0.29, 0.717) is 12.2 Å². The number of allylic oxidation sites excluding steroid dienone is 1. The molecule has 0 aliphatic rings. The predicted molar refractivity (Wildman–Crippen MR) is 77.6 cm³/mol. The molecular formula is C15H14N4. The molecule has 0 bridgehead atoms. The van der Waals surface area contributed by atoms with Crippen molar-refractivity contribution in [3.63, 3.8) is 0 Å². The smallest absolute Gasteiger partial charge is 0.143 e. The summed E-state index contributed by atoms with van der Waals surface area (Å²) in [7, 11) is 0. The van der Waals surface area contributed by atoms with Crippen LogP contribution < -0.4 is 5.73 Å². The number of hydrogen-bond acceptors (Lipinski definition) is 3. The Kier molecular flexibility index (Phi) is 2.76.